The maximum atomic E-state index is 9.82. The van der Waals surface area contributed by atoms with Crippen LogP contribution in [0.2, 0.25) is 0 Å². The summed E-state index contributed by atoms with van der Waals surface area (Å²) in [6.45, 7) is 11.0. The molecule has 0 aliphatic carbocycles. The zero-order chi connectivity index (χ0) is 13.7. The summed E-state index contributed by atoms with van der Waals surface area (Å²) in [4.78, 5) is 28.8. The highest BCUT2D eigenvalue weighted by Crippen LogP contribution is 1.78. The second kappa shape index (κ2) is 12.6. The monoisotopic (exact) mass is 227 g/mol. The fourth-order valence-corrected chi connectivity index (χ4v) is 0. The van der Waals surface area contributed by atoms with Crippen LogP contribution in [0.25, 0.3) is 0 Å². The summed E-state index contributed by atoms with van der Waals surface area (Å²) in [6.07, 6.45) is 2.11. The van der Waals surface area contributed by atoms with E-state index in [4.69, 9.17) is 5.73 Å². The van der Waals surface area contributed by atoms with Crippen LogP contribution in [-0.4, -0.2) is 17.7 Å². The Morgan fingerprint density at radius 2 is 1.06 bits per heavy atom. The molecule has 6 nitrogen and oxygen atoms in total. The first-order valence-corrected chi connectivity index (χ1v) is 3.98. The lowest BCUT2D eigenvalue weighted by Gasteiger charge is -1.81. The Morgan fingerprint density at radius 3 is 1.06 bits per heavy atom. The third-order valence-electron chi connectivity index (χ3n) is 0.823. The quantitative estimate of drug-likeness (QED) is 0.554. The molecule has 6 heteroatoms. The van der Waals surface area contributed by atoms with Gasteiger partial charge in [-0.1, -0.05) is 19.7 Å². The lowest BCUT2D eigenvalue weighted by atomic mass is 10.3. The largest absolute Gasteiger partial charge is 0.366 e. The molecule has 16 heavy (non-hydrogen) atoms. The van der Waals surface area contributed by atoms with E-state index in [1.165, 1.54) is 0 Å². The van der Waals surface area contributed by atoms with Gasteiger partial charge in [0.05, 0.1) is 0 Å². The highest BCUT2D eigenvalue weighted by molar-refractivity contribution is 5.90. The predicted octanol–water partition coefficient (Wildman–Crippen LogP) is -0.637. The van der Waals surface area contributed by atoms with Gasteiger partial charge in [-0.3, -0.25) is 14.4 Å². The van der Waals surface area contributed by atoms with Crippen molar-refractivity contribution in [2.24, 2.45) is 17.2 Å². The second-order valence-electron chi connectivity index (χ2n) is 2.36. The summed E-state index contributed by atoms with van der Waals surface area (Å²) < 4.78 is 0. The smallest absolute Gasteiger partial charge is 0.243 e. The zero-order valence-electron chi connectivity index (χ0n) is 9.23. The van der Waals surface area contributed by atoms with Gasteiger partial charge in [0.25, 0.3) is 0 Å². The highest BCUT2D eigenvalue weighted by atomic mass is 16.1. The molecule has 0 radical (unpaired) electrons. The van der Waals surface area contributed by atoms with Crippen LogP contribution in [0.15, 0.2) is 37.5 Å². The molecule has 0 aliphatic rings. The number of amides is 3. The van der Waals surface area contributed by atoms with Gasteiger partial charge in [-0.25, -0.2) is 0 Å². The van der Waals surface area contributed by atoms with E-state index in [9.17, 15) is 14.4 Å². The van der Waals surface area contributed by atoms with Crippen molar-refractivity contribution in [3.8, 4) is 0 Å². The van der Waals surface area contributed by atoms with Crippen LogP contribution in [0.5, 0.6) is 0 Å². The van der Waals surface area contributed by atoms with Crippen molar-refractivity contribution in [1.29, 1.82) is 0 Å². The van der Waals surface area contributed by atoms with Gasteiger partial charge in [0.2, 0.25) is 17.7 Å². The highest BCUT2D eigenvalue weighted by Gasteiger charge is 1.86. The van der Waals surface area contributed by atoms with E-state index in [1.54, 1.807) is 6.92 Å². The molecule has 6 N–H and O–H groups in total. The Bertz CT molecular complexity index is 266. The lowest BCUT2D eigenvalue weighted by molar-refractivity contribution is -0.115. The van der Waals surface area contributed by atoms with E-state index < -0.39 is 17.7 Å². The fraction of sp³-hybridized carbons (Fsp3) is 0.100. The van der Waals surface area contributed by atoms with E-state index in [0.29, 0.717) is 5.57 Å². The average molecular weight is 227 g/mol. The molecule has 0 atom stereocenters. The third-order valence-corrected chi connectivity index (χ3v) is 0.823. The van der Waals surface area contributed by atoms with Gasteiger partial charge >= 0.3 is 0 Å². The van der Waals surface area contributed by atoms with Crippen LogP contribution >= 0.6 is 0 Å². The number of nitrogens with two attached hydrogens (primary N) is 3. The minimum Gasteiger partial charge on any atom is -0.366 e. The molecule has 0 aromatic rings. The van der Waals surface area contributed by atoms with Crippen molar-refractivity contribution in [2.45, 2.75) is 6.92 Å². The van der Waals surface area contributed by atoms with Crippen LogP contribution in [0.3, 0.4) is 0 Å². The van der Waals surface area contributed by atoms with Crippen LogP contribution in [0.1, 0.15) is 6.92 Å². The van der Waals surface area contributed by atoms with Gasteiger partial charge in [0.1, 0.15) is 0 Å². The predicted molar refractivity (Wildman–Crippen MR) is 62.8 cm³/mol. The van der Waals surface area contributed by atoms with E-state index in [0.717, 1.165) is 12.2 Å². The maximum absolute atomic E-state index is 9.82. The summed E-state index contributed by atoms with van der Waals surface area (Å²) >= 11 is 0. The molecule has 0 saturated carbocycles. The van der Waals surface area contributed by atoms with E-state index in [1.807, 2.05) is 0 Å². The van der Waals surface area contributed by atoms with Crippen molar-refractivity contribution in [3.63, 3.8) is 0 Å². The summed E-state index contributed by atoms with van der Waals surface area (Å²) in [5.74, 6) is -1.40. The molecule has 0 unspecified atom stereocenters. The first kappa shape index (κ1) is 19.2. The minimum atomic E-state index is -0.481. The summed E-state index contributed by atoms with van der Waals surface area (Å²) in [5.41, 5.74) is 14.2. The molecule has 3 amide bonds. The second-order valence-corrected chi connectivity index (χ2v) is 2.36. The van der Waals surface area contributed by atoms with E-state index in [2.05, 4.69) is 31.2 Å². The Balaban J connectivity index is -0.000000160. The number of carbonyl (C=O) groups is 3. The average Bonchev–Trinajstić information content (AvgIpc) is 2.19. The van der Waals surface area contributed by atoms with Crippen molar-refractivity contribution in [3.05, 3.63) is 37.5 Å². The maximum Gasteiger partial charge on any atom is 0.243 e. The van der Waals surface area contributed by atoms with E-state index in [-0.39, 0.29) is 0 Å². The van der Waals surface area contributed by atoms with Crippen LogP contribution in [0.4, 0.5) is 0 Å². The summed E-state index contributed by atoms with van der Waals surface area (Å²) in [6, 6.07) is 0. The van der Waals surface area contributed by atoms with Gasteiger partial charge < -0.3 is 17.2 Å². The van der Waals surface area contributed by atoms with Gasteiger partial charge in [0, 0.05) is 5.57 Å². The SMILES string of the molecule is C=C(C)C(N)=O.C=CC(N)=O.C=CC(N)=O. The number of rotatable bonds is 3. The number of carbonyl (C=O) groups excluding carboxylic acids is 3. The normalized spacial score (nSPS) is 6.81. The van der Waals surface area contributed by atoms with Gasteiger partial charge in [-0.2, -0.15) is 0 Å². The summed E-state index contributed by atoms with van der Waals surface area (Å²) in [5, 5.41) is 0. The van der Waals surface area contributed by atoms with Crippen LogP contribution in [-0.2, 0) is 14.4 Å². The number of hydrogen-bond acceptors (Lipinski definition) is 3. The standard InChI is InChI=1S/C4H7NO.2C3H5NO/c1-3(2)4(5)6;2*1-2-3(4)5/h1H2,2H3,(H2,5,6);2*2H,1H2,(H2,4,5). The molecule has 90 valence electrons. The van der Waals surface area contributed by atoms with Gasteiger partial charge in [-0.15, -0.1) is 0 Å². The molecule has 0 spiro atoms. The molecule has 0 aromatic heterocycles. The van der Waals surface area contributed by atoms with Crippen LogP contribution in [0, 0.1) is 0 Å². The van der Waals surface area contributed by atoms with Gasteiger partial charge in [0.15, 0.2) is 0 Å². The molecule has 0 fully saturated rings. The molecule has 0 aromatic carbocycles. The van der Waals surface area contributed by atoms with Gasteiger partial charge in [-0.05, 0) is 19.1 Å². The lowest BCUT2D eigenvalue weighted by Crippen LogP contribution is -2.10. The summed E-state index contributed by atoms with van der Waals surface area (Å²) in [7, 11) is 0. The molecule has 0 bridgehead atoms. The zero-order valence-corrected chi connectivity index (χ0v) is 9.23. The molecular weight excluding hydrogens is 210 g/mol. The molecule has 0 aliphatic heterocycles. The molecule has 0 rings (SSSR count). The van der Waals surface area contributed by atoms with Crippen molar-refractivity contribution in [2.75, 3.05) is 0 Å². The third kappa shape index (κ3) is 41.5. The van der Waals surface area contributed by atoms with Crippen molar-refractivity contribution < 1.29 is 14.4 Å². The first-order chi connectivity index (χ1) is 7.18. The topological polar surface area (TPSA) is 129 Å². The molecular formula is C10H17N3O3. The molecule has 0 heterocycles. The minimum absolute atomic E-state index is 0.398. The Kier molecular flexibility index (Phi) is 15.2. The molecule has 0 saturated heterocycles. The number of primary amides is 3. The Labute approximate surface area is 94.5 Å². The van der Waals surface area contributed by atoms with Crippen molar-refractivity contribution in [1.82, 2.24) is 0 Å². The van der Waals surface area contributed by atoms with E-state index >= 15 is 0 Å². The first-order valence-electron chi connectivity index (χ1n) is 3.98. The van der Waals surface area contributed by atoms with Crippen LogP contribution < -0.4 is 17.2 Å². The van der Waals surface area contributed by atoms with Crippen molar-refractivity contribution >= 4 is 17.7 Å². The Morgan fingerprint density at radius 1 is 0.938 bits per heavy atom. The Hall–Kier alpha value is -2.37. The number of hydrogen-bond donors (Lipinski definition) is 3. The fourth-order valence-electron chi connectivity index (χ4n) is 0.